The number of carbonyl (C=O) groups is 3. The van der Waals surface area contributed by atoms with E-state index in [2.05, 4.69) is 106 Å². The Balaban J connectivity index is 4.48. The first-order valence-corrected chi connectivity index (χ1v) is 26.7. The summed E-state index contributed by atoms with van der Waals surface area (Å²) in [6.07, 6.45) is 69.7. The van der Waals surface area contributed by atoms with E-state index in [1.54, 1.807) is 0 Å². The fraction of sp³-hybridized carbons (Fsp3) is 0.678. The first-order valence-electron chi connectivity index (χ1n) is 26.7. The van der Waals surface area contributed by atoms with E-state index in [1.165, 1.54) is 89.9 Å². The number of hydrogen-bond acceptors (Lipinski definition) is 6. The van der Waals surface area contributed by atoms with Gasteiger partial charge in [-0.15, -0.1) is 0 Å². The third-order valence-corrected chi connectivity index (χ3v) is 11.1. The van der Waals surface area contributed by atoms with E-state index in [9.17, 15) is 14.4 Å². The summed E-state index contributed by atoms with van der Waals surface area (Å²) in [6.45, 7) is 6.40. The second-order valence-electron chi connectivity index (χ2n) is 17.4. The van der Waals surface area contributed by atoms with Crippen molar-refractivity contribution in [2.24, 2.45) is 0 Å². The van der Waals surface area contributed by atoms with Gasteiger partial charge in [0.05, 0.1) is 0 Å². The fourth-order valence-corrected chi connectivity index (χ4v) is 7.04. The van der Waals surface area contributed by atoms with Gasteiger partial charge in [-0.2, -0.15) is 0 Å². The Morgan fingerprint density at radius 1 is 0.323 bits per heavy atom. The summed E-state index contributed by atoms with van der Waals surface area (Å²) >= 11 is 0. The first kappa shape index (κ1) is 61.3. The van der Waals surface area contributed by atoms with E-state index in [-0.39, 0.29) is 37.5 Å². The van der Waals surface area contributed by atoms with Crippen LogP contribution in [-0.2, 0) is 28.6 Å². The molecule has 370 valence electrons. The molecule has 0 rings (SSSR count). The summed E-state index contributed by atoms with van der Waals surface area (Å²) in [5.41, 5.74) is 0. The summed E-state index contributed by atoms with van der Waals surface area (Å²) in [5.74, 6) is -1.02. The molecule has 6 nitrogen and oxygen atoms in total. The van der Waals surface area contributed by atoms with Gasteiger partial charge in [0.1, 0.15) is 13.2 Å². The first-order chi connectivity index (χ1) is 32.0. The lowest BCUT2D eigenvalue weighted by Gasteiger charge is -2.18. The van der Waals surface area contributed by atoms with Crippen molar-refractivity contribution < 1.29 is 28.6 Å². The Morgan fingerprint density at radius 3 is 1.08 bits per heavy atom. The molecule has 6 heteroatoms. The van der Waals surface area contributed by atoms with Crippen LogP contribution in [0.1, 0.15) is 239 Å². The van der Waals surface area contributed by atoms with Gasteiger partial charge in [-0.05, 0) is 109 Å². The summed E-state index contributed by atoms with van der Waals surface area (Å²) in [6, 6.07) is 0. The van der Waals surface area contributed by atoms with Crippen LogP contribution in [0.25, 0.3) is 0 Å². The van der Waals surface area contributed by atoms with Gasteiger partial charge in [-0.3, -0.25) is 14.4 Å². The lowest BCUT2D eigenvalue weighted by Crippen LogP contribution is -2.30. The number of unbranched alkanes of at least 4 members (excludes halogenated alkanes) is 20. The van der Waals surface area contributed by atoms with Gasteiger partial charge < -0.3 is 14.2 Å². The van der Waals surface area contributed by atoms with E-state index < -0.39 is 6.10 Å². The third-order valence-electron chi connectivity index (χ3n) is 11.1. The van der Waals surface area contributed by atoms with E-state index in [4.69, 9.17) is 14.2 Å². The zero-order chi connectivity index (χ0) is 47.2. The molecule has 0 bridgehead atoms. The monoisotopic (exact) mass is 903 g/mol. The molecule has 0 aliphatic rings. The molecule has 1 atom stereocenters. The van der Waals surface area contributed by atoms with Crippen molar-refractivity contribution in [3.63, 3.8) is 0 Å². The van der Waals surface area contributed by atoms with Crippen molar-refractivity contribution in [2.45, 2.75) is 245 Å². The molecule has 0 heterocycles. The quantitative estimate of drug-likeness (QED) is 0.0262. The predicted octanol–water partition coefficient (Wildman–Crippen LogP) is 17.8. The van der Waals surface area contributed by atoms with Gasteiger partial charge >= 0.3 is 17.9 Å². The number of allylic oxidation sites excluding steroid dienone is 16. The molecular formula is C59H98O6. The van der Waals surface area contributed by atoms with Crippen LogP contribution in [-0.4, -0.2) is 37.2 Å². The summed E-state index contributed by atoms with van der Waals surface area (Å²) < 4.78 is 16.7. The molecule has 0 aliphatic heterocycles. The maximum Gasteiger partial charge on any atom is 0.306 e. The molecule has 0 amide bonds. The third kappa shape index (κ3) is 51.2. The molecule has 0 aromatic rings. The highest BCUT2D eigenvalue weighted by Crippen LogP contribution is 2.13. The zero-order valence-electron chi connectivity index (χ0n) is 42.2. The SMILES string of the molecule is CC/C=C\C/C=C\C/C=C\C/C=C\CCC(=O)OCC(COC(=O)CCCCCCCC/C=C\C/C=C\C/C=C\CCCCC)OC(=O)CCCCCCC/C=C\CCCCCCCC. The predicted molar refractivity (Wildman–Crippen MR) is 279 cm³/mol. The van der Waals surface area contributed by atoms with Gasteiger partial charge in [-0.1, -0.05) is 208 Å². The fourth-order valence-electron chi connectivity index (χ4n) is 7.04. The van der Waals surface area contributed by atoms with Crippen LogP contribution in [0, 0.1) is 0 Å². The number of carbonyl (C=O) groups excluding carboxylic acids is 3. The van der Waals surface area contributed by atoms with Crippen molar-refractivity contribution in [1.82, 2.24) is 0 Å². The standard InChI is InChI=1S/C59H98O6/c1-4-7-10-13-16-19-22-25-27-28-29-30-32-34-37-40-43-46-49-52-58(61)64-55-56(54-63-57(60)51-48-45-42-39-36-33-24-21-18-15-12-9-6-3)65-59(62)53-50-47-44-41-38-35-31-26-23-20-17-14-11-8-5-2/h9,12,16,18-19,21,25-27,29-31,33,36,42,45,56H,4-8,10-11,13-15,17,20,22-24,28,32,34-35,37-41,43-44,46-55H2,1-3H3/b12-9-,19-16-,21-18-,27-25-,30-29-,31-26-,36-33-,45-42-. The minimum Gasteiger partial charge on any atom is -0.462 e. The van der Waals surface area contributed by atoms with Crippen molar-refractivity contribution in [3.8, 4) is 0 Å². The minimum atomic E-state index is -0.816. The van der Waals surface area contributed by atoms with Gasteiger partial charge in [0.15, 0.2) is 6.10 Å². The smallest absolute Gasteiger partial charge is 0.306 e. The highest BCUT2D eigenvalue weighted by atomic mass is 16.6. The highest BCUT2D eigenvalue weighted by molar-refractivity contribution is 5.71. The van der Waals surface area contributed by atoms with Crippen molar-refractivity contribution in [1.29, 1.82) is 0 Å². The lowest BCUT2D eigenvalue weighted by molar-refractivity contribution is -0.166. The Bertz CT molecular complexity index is 1310. The van der Waals surface area contributed by atoms with Gasteiger partial charge in [-0.25, -0.2) is 0 Å². The maximum absolute atomic E-state index is 12.8. The Morgan fingerprint density at radius 2 is 0.631 bits per heavy atom. The second-order valence-corrected chi connectivity index (χ2v) is 17.4. The number of hydrogen-bond donors (Lipinski definition) is 0. The van der Waals surface area contributed by atoms with E-state index in [0.29, 0.717) is 19.3 Å². The molecule has 0 aliphatic carbocycles. The van der Waals surface area contributed by atoms with Gasteiger partial charge in [0.25, 0.3) is 0 Å². The molecule has 0 aromatic carbocycles. The van der Waals surface area contributed by atoms with Crippen LogP contribution in [0.3, 0.4) is 0 Å². The Labute approximate surface area is 400 Å². The van der Waals surface area contributed by atoms with E-state index >= 15 is 0 Å². The highest BCUT2D eigenvalue weighted by Gasteiger charge is 2.19. The zero-order valence-corrected chi connectivity index (χ0v) is 42.2. The molecule has 0 saturated heterocycles. The van der Waals surface area contributed by atoms with Crippen LogP contribution >= 0.6 is 0 Å². The van der Waals surface area contributed by atoms with Crippen molar-refractivity contribution in [2.75, 3.05) is 13.2 Å². The normalized spacial score (nSPS) is 12.8. The molecule has 1 unspecified atom stereocenters. The summed E-state index contributed by atoms with van der Waals surface area (Å²) in [4.78, 5) is 38.0. The number of ether oxygens (including phenoxy) is 3. The largest absolute Gasteiger partial charge is 0.462 e. The summed E-state index contributed by atoms with van der Waals surface area (Å²) in [7, 11) is 0. The van der Waals surface area contributed by atoms with E-state index in [1.807, 2.05) is 12.2 Å². The molecule has 0 N–H and O–H groups in total. The molecule has 65 heavy (non-hydrogen) atoms. The van der Waals surface area contributed by atoms with Crippen molar-refractivity contribution in [3.05, 3.63) is 97.2 Å². The van der Waals surface area contributed by atoms with Crippen LogP contribution in [0.5, 0.6) is 0 Å². The Kier molecular flexibility index (Phi) is 50.0. The van der Waals surface area contributed by atoms with Crippen LogP contribution < -0.4 is 0 Å². The van der Waals surface area contributed by atoms with E-state index in [0.717, 1.165) is 103 Å². The Hall–Kier alpha value is -3.67. The minimum absolute atomic E-state index is 0.111. The molecule has 0 radical (unpaired) electrons. The molecule has 0 spiro atoms. The van der Waals surface area contributed by atoms with Gasteiger partial charge in [0.2, 0.25) is 0 Å². The van der Waals surface area contributed by atoms with Crippen molar-refractivity contribution >= 4 is 17.9 Å². The topological polar surface area (TPSA) is 78.9 Å². The number of esters is 3. The lowest BCUT2D eigenvalue weighted by atomic mass is 10.1. The van der Waals surface area contributed by atoms with Crippen LogP contribution in [0.2, 0.25) is 0 Å². The summed E-state index contributed by atoms with van der Waals surface area (Å²) in [5, 5.41) is 0. The molecule has 0 saturated carbocycles. The molecule has 0 aromatic heterocycles. The second kappa shape index (κ2) is 52.9. The van der Waals surface area contributed by atoms with Crippen LogP contribution in [0.4, 0.5) is 0 Å². The number of rotatable bonds is 47. The molecule has 0 fully saturated rings. The maximum atomic E-state index is 12.8. The molecular weight excluding hydrogens is 805 g/mol. The van der Waals surface area contributed by atoms with Crippen LogP contribution in [0.15, 0.2) is 97.2 Å². The average Bonchev–Trinajstić information content (AvgIpc) is 3.30. The van der Waals surface area contributed by atoms with Gasteiger partial charge in [0, 0.05) is 19.3 Å². The average molecular weight is 903 g/mol.